The third kappa shape index (κ3) is 4.50. The van der Waals surface area contributed by atoms with Crippen molar-refractivity contribution in [2.24, 2.45) is 0 Å². The van der Waals surface area contributed by atoms with Crippen LogP contribution in [0.15, 0.2) is 24.3 Å². The van der Waals surface area contributed by atoms with E-state index in [2.05, 4.69) is 9.46 Å². The van der Waals surface area contributed by atoms with Crippen LogP contribution in [0.2, 0.25) is 0 Å². The Bertz CT molecular complexity index is 538. The molecule has 0 bridgehead atoms. The first-order valence-corrected chi connectivity index (χ1v) is 7.79. The zero-order valence-corrected chi connectivity index (χ0v) is 12.6. The minimum atomic E-state index is -3.32. The van der Waals surface area contributed by atoms with Gasteiger partial charge in [-0.15, -0.1) is 0 Å². The molecule has 20 heavy (non-hydrogen) atoms. The van der Waals surface area contributed by atoms with Crippen molar-refractivity contribution in [3.8, 4) is 0 Å². The highest BCUT2D eigenvalue weighted by Gasteiger charge is 2.20. The molecule has 1 unspecified atom stereocenters. The fourth-order valence-electron chi connectivity index (χ4n) is 1.70. The molecule has 6 nitrogen and oxygen atoms in total. The highest BCUT2D eigenvalue weighted by atomic mass is 32.2. The molecule has 1 rings (SSSR count). The minimum Gasteiger partial charge on any atom is -0.467 e. The number of nitrogens with one attached hydrogen (secondary N) is 1. The summed E-state index contributed by atoms with van der Waals surface area (Å²) in [5, 5.41) is 0. The summed E-state index contributed by atoms with van der Waals surface area (Å²) in [4.78, 5) is 11.5. The average Bonchev–Trinajstić information content (AvgIpc) is 2.40. The molecular weight excluding hydrogens is 282 g/mol. The van der Waals surface area contributed by atoms with E-state index in [1.165, 1.54) is 14.2 Å². The second kappa shape index (κ2) is 7.25. The van der Waals surface area contributed by atoms with Gasteiger partial charge in [0.2, 0.25) is 10.0 Å². The van der Waals surface area contributed by atoms with Gasteiger partial charge in [-0.1, -0.05) is 19.1 Å². The summed E-state index contributed by atoms with van der Waals surface area (Å²) >= 11 is 0. The van der Waals surface area contributed by atoms with Crippen LogP contribution in [-0.2, 0) is 24.3 Å². The van der Waals surface area contributed by atoms with Gasteiger partial charge in [-0.2, -0.15) is 0 Å². The first-order chi connectivity index (χ1) is 9.43. The van der Waals surface area contributed by atoms with Crippen molar-refractivity contribution in [2.45, 2.75) is 19.4 Å². The van der Waals surface area contributed by atoms with Gasteiger partial charge < -0.3 is 9.47 Å². The van der Waals surface area contributed by atoms with Crippen molar-refractivity contribution in [1.29, 1.82) is 0 Å². The molecule has 0 radical (unpaired) electrons. The number of hydrogen-bond donors (Lipinski definition) is 1. The van der Waals surface area contributed by atoms with Gasteiger partial charge in [0.25, 0.3) is 0 Å². The van der Waals surface area contributed by atoms with E-state index in [1.807, 2.05) is 0 Å². The standard InChI is InChI=1S/C13H19NO5S/c1-4-9-20(16,17)14-11-7-5-10(6-8-11)12(18-2)13(15)19-3/h5-8,12,14H,4,9H2,1-3H3. The molecule has 0 amide bonds. The fraction of sp³-hybridized carbons (Fsp3) is 0.462. The van der Waals surface area contributed by atoms with E-state index >= 15 is 0 Å². The second-order valence-electron chi connectivity index (χ2n) is 4.18. The molecule has 0 fully saturated rings. The molecule has 1 aromatic carbocycles. The molecule has 0 heterocycles. The number of carbonyl (C=O) groups excluding carboxylic acids is 1. The van der Waals surface area contributed by atoms with E-state index < -0.39 is 22.1 Å². The van der Waals surface area contributed by atoms with Crippen molar-refractivity contribution in [2.75, 3.05) is 24.7 Å². The summed E-state index contributed by atoms with van der Waals surface area (Å²) in [6.07, 6.45) is -0.275. The monoisotopic (exact) mass is 301 g/mol. The van der Waals surface area contributed by atoms with E-state index in [9.17, 15) is 13.2 Å². The second-order valence-corrected chi connectivity index (χ2v) is 6.02. The number of hydrogen-bond acceptors (Lipinski definition) is 5. The Morgan fingerprint density at radius 1 is 1.25 bits per heavy atom. The van der Waals surface area contributed by atoms with Crippen molar-refractivity contribution < 1.29 is 22.7 Å². The zero-order valence-electron chi connectivity index (χ0n) is 11.8. The Morgan fingerprint density at radius 3 is 2.30 bits per heavy atom. The van der Waals surface area contributed by atoms with Crippen molar-refractivity contribution in [1.82, 2.24) is 0 Å². The minimum absolute atomic E-state index is 0.0671. The number of benzene rings is 1. The number of anilines is 1. The van der Waals surface area contributed by atoms with Crippen LogP contribution in [0.5, 0.6) is 0 Å². The Labute approximate surface area is 119 Å². The predicted molar refractivity (Wildman–Crippen MR) is 75.9 cm³/mol. The van der Waals surface area contributed by atoms with Crippen LogP contribution in [0, 0.1) is 0 Å². The number of ether oxygens (including phenoxy) is 2. The first kappa shape index (κ1) is 16.5. The molecule has 0 aromatic heterocycles. The van der Waals surface area contributed by atoms with Gasteiger partial charge in [-0.05, 0) is 24.1 Å². The van der Waals surface area contributed by atoms with E-state index in [0.717, 1.165) is 0 Å². The van der Waals surface area contributed by atoms with Crippen molar-refractivity contribution in [3.63, 3.8) is 0 Å². The largest absolute Gasteiger partial charge is 0.467 e. The molecule has 0 saturated carbocycles. The van der Waals surface area contributed by atoms with Gasteiger partial charge in [-0.25, -0.2) is 13.2 Å². The number of esters is 1. The van der Waals surface area contributed by atoms with Crippen LogP contribution in [0.25, 0.3) is 0 Å². The third-order valence-corrected chi connectivity index (χ3v) is 4.10. The molecular formula is C13H19NO5S. The summed E-state index contributed by atoms with van der Waals surface area (Å²) < 4.78 is 35.4. The molecule has 1 N–H and O–H groups in total. The molecule has 1 atom stereocenters. The lowest BCUT2D eigenvalue weighted by atomic mass is 10.1. The van der Waals surface area contributed by atoms with Gasteiger partial charge >= 0.3 is 5.97 Å². The predicted octanol–water partition coefficient (Wildman–Crippen LogP) is 1.70. The molecule has 0 aliphatic rings. The van der Waals surface area contributed by atoms with E-state index in [0.29, 0.717) is 17.7 Å². The molecule has 7 heteroatoms. The van der Waals surface area contributed by atoms with Crippen LogP contribution in [0.4, 0.5) is 5.69 Å². The van der Waals surface area contributed by atoms with Crippen LogP contribution in [0.1, 0.15) is 25.0 Å². The molecule has 0 saturated heterocycles. The van der Waals surface area contributed by atoms with Crippen molar-refractivity contribution >= 4 is 21.7 Å². The van der Waals surface area contributed by atoms with Gasteiger partial charge in [0, 0.05) is 12.8 Å². The maximum Gasteiger partial charge on any atom is 0.339 e. The number of rotatable bonds is 7. The molecule has 0 aliphatic heterocycles. The fourth-order valence-corrected chi connectivity index (χ4v) is 2.84. The van der Waals surface area contributed by atoms with Gasteiger partial charge in [0.15, 0.2) is 6.10 Å². The molecule has 0 spiro atoms. The molecule has 0 aliphatic carbocycles. The summed E-state index contributed by atoms with van der Waals surface area (Å²) in [5.41, 5.74) is 1.04. The summed E-state index contributed by atoms with van der Waals surface area (Å²) in [7, 11) is -0.636. The van der Waals surface area contributed by atoms with E-state index in [4.69, 9.17) is 4.74 Å². The summed E-state index contributed by atoms with van der Waals surface area (Å²) in [6, 6.07) is 6.40. The van der Waals surface area contributed by atoms with Crippen LogP contribution in [0.3, 0.4) is 0 Å². The van der Waals surface area contributed by atoms with Crippen molar-refractivity contribution in [3.05, 3.63) is 29.8 Å². The Kier molecular flexibility index (Phi) is 5.97. The lowest BCUT2D eigenvalue weighted by Crippen LogP contribution is -2.17. The zero-order chi connectivity index (χ0) is 15.2. The number of methoxy groups -OCH3 is 2. The molecule has 1 aromatic rings. The van der Waals surface area contributed by atoms with Gasteiger partial charge in [0.05, 0.1) is 12.9 Å². The number of sulfonamides is 1. The van der Waals surface area contributed by atoms with Gasteiger partial charge in [0.1, 0.15) is 0 Å². The topological polar surface area (TPSA) is 81.7 Å². The quantitative estimate of drug-likeness (QED) is 0.775. The maximum absolute atomic E-state index is 11.6. The average molecular weight is 301 g/mol. The van der Waals surface area contributed by atoms with Crippen LogP contribution in [-0.4, -0.2) is 34.4 Å². The highest BCUT2D eigenvalue weighted by molar-refractivity contribution is 7.92. The number of carbonyl (C=O) groups is 1. The summed E-state index contributed by atoms with van der Waals surface area (Å²) in [5.74, 6) is -0.441. The normalized spacial score (nSPS) is 12.8. The smallest absolute Gasteiger partial charge is 0.339 e. The Hall–Kier alpha value is -1.60. The Balaban J connectivity index is 2.86. The lowest BCUT2D eigenvalue weighted by molar-refractivity contribution is -0.152. The first-order valence-electron chi connectivity index (χ1n) is 6.14. The highest BCUT2D eigenvalue weighted by Crippen LogP contribution is 2.21. The third-order valence-electron chi connectivity index (χ3n) is 2.61. The van der Waals surface area contributed by atoms with Gasteiger partial charge in [-0.3, -0.25) is 4.72 Å². The lowest BCUT2D eigenvalue weighted by Gasteiger charge is -2.14. The maximum atomic E-state index is 11.6. The summed E-state index contributed by atoms with van der Waals surface area (Å²) in [6.45, 7) is 1.79. The van der Waals surface area contributed by atoms with Crippen LogP contribution >= 0.6 is 0 Å². The Morgan fingerprint density at radius 2 is 1.85 bits per heavy atom. The van der Waals surface area contributed by atoms with E-state index in [1.54, 1.807) is 31.2 Å². The SMILES string of the molecule is CCCS(=O)(=O)Nc1ccc(C(OC)C(=O)OC)cc1. The van der Waals surface area contributed by atoms with E-state index in [-0.39, 0.29) is 5.75 Å². The molecule has 112 valence electrons. The van der Waals surface area contributed by atoms with Crippen LogP contribution < -0.4 is 4.72 Å².